The average molecular weight is 1470 g/mol. The number of nitrogens with two attached hydrogens (primary N) is 1. The molecular formula is C76H92N10O20. The zero-order valence-corrected chi connectivity index (χ0v) is 60.8. The molecule has 566 valence electrons. The summed E-state index contributed by atoms with van der Waals surface area (Å²) in [6, 6.07) is 7.45. The number of aliphatic hydroxyl groups excluding tert-OH is 2. The molecule has 4 aromatic carbocycles. The minimum absolute atomic E-state index is 0.00600. The fraction of sp³-hybridized carbons (Fsp3) is 0.474. The molecule has 1 saturated heterocycles. The summed E-state index contributed by atoms with van der Waals surface area (Å²) in [5.41, 5.74) is 2.42. The predicted molar refractivity (Wildman–Crippen MR) is 390 cm³/mol. The smallest absolute Gasteiger partial charge is 0.410 e. The maximum absolute atomic E-state index is 15.2. The third kappa shape index (κ3) is 16.8. The number of primary amides is 1. The number of aliphatic hydroxyl groups is 2. The number of unbranched alkanes of at least 4 members (excludes halogenated alkanes) is 2. The number of hydrogen-bond donors (Lipinski definition) is 9. The van der Waals surface area contributed by atoms with Gasteiger partial charge in [0.2, 0.25) is 28.6 Å². The number of hydrogen-bond acceptors (Lipinski definition) is 22. The topological polar surface area (TPSA) is 417 Å². The van der Waals surface area contributed by atoms with Crippen molar-refractivity contribution in [2.45, 2.75) is 150 Å². The highest BCUT2D eigenvalue weighted by atomic mass is 16.7. The van der Waals surface area contributed by atoms with Gasteiger partial charge < -0.3 is 85.5 Å². The molecule has 5 heterocycles. The quantitative estimate of drug-likeness (QED) is 0.0103. The third-order valence-corrected chi connectivity index (χ3v) is 20.6. The van der Waals surface area contributed by atoms with Gasteiger partial charge in [-0.1, -0.05) is 64.5 Å². The summed E-state index contributed by atoms with van der Waals surface area (Å²) >= 11 is 0. The molecule has 5 aliphatic rings. The molecule has 106 heavy (non-hydrogen) atoms. The molecule has 2 fully saturated rings. The van der Waals surface area contributed by atoms with E-state index in [-0.39, 0.29) is 151 Å². The van der Waals surface area contributed by atoms with E-state index in [0.717, 1.165) is 4.90 Å². The molecule has 10 rings (SSSR count). The lowest BCUT2D eigenvalue weighted by Gasteiger charge is -2.39. The van der Waals surface area contributed by atoms with Gasteiger partial charge in [-0.15, -0.1) is 0 Å². The molecule has 5 aromatic rings. The van der Waals surface area contributed by atoms with E-state index in [1.54, 1.807) is 50.3 Å². The van der Waals surface area contributed by atoms with Crippen LogP contribution in [-0.2, 0) is 59.1 Å². The highest BCUT2D eigenvalue weighted by molar-refractivity contribution is 6.17. The second kappa shape index (κ2) is 33.1. The van der Waals surface area contributed by atoms with Gasteiger partial charge in [0.15, 0.2) is 22.4 Å². The van der Waals surface area contributed by atoms with Gasteiger partial charge in [0.05, 0.1) is 29.1 Å². The van der Waals surface area contributed by atoms with Crippen LogP contribution >= 0.6 is 0 Å². The molecule has 0 spiro atoms. The Morgan fingerprint density at radius 3 is 2.21 bits per heavy atom. The highest BCUT2D eigenvalue weighted by Gasteiger charge is 2.52. The van der Waals surface area contributed by atoms with Crippen LogP contribution in [0.3, 0.4) is 0 Å². The number of fused-ring (bicyclic) bond motifs is 2. The summed E-state index contributed by atoms with van der Waals surface area (Å²) in [7, 11) is 1.45. The van der Waals surface area contributed by atoms with Crippen LogP contribution in [-0.4, -0.2) is 167 Å². The molecule has 9 amide bonds. The van der Waals surface area contributed by atoms with Crippen LogP contribution in [0.2, 0.25) is 0 Å². The van der Waals surface area contributed by atoms with Gasteiger partial charge in [-0.3, -0.25) is 48.1 Å². The number of phenolic OH excluding ortho intramolecular Hbond substituents is 1. The van der Waals surface area contributed by atoms with Crippen LogP contribution in [0.1, 0.15) is 117 Å². The number of carbonyl (C=O) groups is 9. The minimum Gasteiger partial charge on any atom is -0.507 e. The Morgan fingerprint density at radius 2 is 1.55 bits per heavy atom. The number of aromatic nitrogens is 1. The molecule has 4 bridgehead atoms. The Hall–Kier alpha value is -10.9. The van der Waals surface area contributed by atoms with E-state index in [9.17, 15) is 63.3 Å². The van der Waals surface area contributed by atoms with Crippen molar-refractivity contribution >= 4 is 109 Å². The van der Waals surface area contributed by atoms with Gasteiger partial charge in [0, 0.05) is 131 Å². The lowest BCUT2D eigenvalue weighted by molar-refractivity contribution is -0.159. The summed E-state index contributed by atoms with van der Waals surface area (Å²) in [5, 5.41) is 49.0. The highest BCUT2D eigenvalue weighted by Crippen LogP contribution is 2.44. The first-order valence-electron chi connectivity index (χ1n) is 35.6. The maximum Gasteiger partial charge on any atom is 0.410 e. The lowest BCUT2D eigenvalue weighted by atomic mass is 9.67. The Morgan fingerprint density at radius 1 is 0.849 bits per heavy atom. The number of nitrogens with one attached hydrogen (secondary N) is 5. The molecule has 1 saturated carbocycles. The molecular weight excluding hydrogens is 1370 g/mol. The Bertz CT molecular complexity index is 4580. The monoisotopic (exact) mass is 1460 g/mol. The summed E-state index contributed by atoms with van der Waals surface area (Å²) in [4.78, 5) is 156. The van der Waals surface area contributed by atoms with E-state index in [4.69, 9.17) is 38.8 Å². The molecule has 10 N–H and O–H groups in total. The molecule has 1 aromatic heterocycles. The first kappa shape index (κ1) is 77.7. The Labute approximate surface area is 610 Å². The van der Waals surface area contributed by atoms with Crippen molar-refractivity contribution < 1.29 is 86.6 Å². The van der Waals surface area contributed by atoms with Crippen molar-refractivity contribution in [3.05, 3.63) is 121 Å². The molecule has 0 unspecified atom stereocenters. The van der Waals surface area contributed by atoms with Crippen LogP contribution < -0.4 is 58.0 Å². The standard InChI is InChI=1S/C76H92N10O20/c1-40-16-13-17-41(2)69(95)83-61-64(93)57-56(58-66(45(6)63(57)92)106-75(8,68(58)94)103-35-25-52(101-9)43(4)65(104-46(7)87)44(5)62(91)42(3)36-40)60-67(61)105-53-38-49(37-51(88)59(53)82-60)84-31-33-85(34-32-84)74(100)102-39-47-19-21-48(22-20-47)80-70(96)50(18-14-29-79-73(77)99)81-72(98)76(26-15-27-76)71(97)78-28-11-10-12-30-86-54(89)23-24-55(86)90/h13,16-17,19-25,35,37-38,40,42-44,50,52,62,65,91-92,94H,10-12,14-15,18,26-34,36,39H2,1-9H3,(H,78,97)(H,80,96)(H,81,98)(H,83,95)(H3,77,79,99)/b16-13+,35-25+,41-17-/t40-,42+,43+,44+,50-,52-,62+,65+,75-/m0/s1. The number of carbonyl (C=O) groups excluding carboxylic acids is 9. The zero-order valence-electron chi connectivity index (χ0n) is 60.8. The predicted octanol–water partition coefficient (Wildman–Crippen LogP) is 6.30. The molecule has 30 heteroatoms. The SMILES string of the molecule is CO[C@H]1/C=C/O[C@@]2(C)Oc3c(C)c(O)c4c(=O)c(c5oc6cc(N7CCN(C(=O)OCc8ccc(NC(=O)[C@H](CCCNC(N)=O)NC(=O)C9(C(=O)NCCCCCN%10C(=O)C=CC%10=O)CCC9)cc8)CC7)cc(=O)c6nc5c4c3=C2O)NC(=O)/C(C)=C\C=C\[C@H](C)C[C@@H](C)[C@@H](O)[C@@H](C)[C@H](OC(C)=O)[C@@H]1C. The number of nitrogens with zero attached hydrogens (tertiary/aromatic N) is 4. The number of methoxy groups -OCH3 is 1. The second-order valence-corrected chi connectivity index (χ2v) is 28.1. The second-order valence-electron chi connectivity index (χ2n) is 28.1. The van der Waals surface area contributed by atoms with E-state index in [1.165, 1.54) is 76.3 Å². The number of aromatic hydroxyl groups is 1. The van der Waals surface area contributed by atoms with Crippen LogP contribution in [0.4, 0.5) is 26.7 Å². The number of benzene rings is 4. The van der Waals surface area contributed by atoms with Crippen molar-refractivity contribution in [2.75, 3.05) is 68.5 Å². The number of allylic oxidation sites excluding steroid dienone is 3. The fourth-order valence-electron chi connectivity index (χ4n) is 14.2. The molecule has 9 atom stereocenters. The number of rotatable bonds is 20. The number of ether oxygens (including phenoxy) is 5. The van der Waals surface area contributed by atoms with Crippen LogP contribution in [0.15, 0.2) is 98.7 Å². The summed E-state index contributed by atoms with van der Waals surface area (Å²) in [6.07, 6.45) is 10.7. The van der Waals surface area contributed by atoms with E-state index >= 15 is 4.79 Å². The summed E-state index contributed by atoms with van der Waals surface area (Å²) in [5.74, 6) is -8.59. The zero-order chi connectivity index (χ0) is 76.6. The number of phenols is 1. The third-order valence-electron chi connectivity index (χ3n) is 20.6. The first-order valence-corrected chi connectivity index (χ1v) is 35.6. The normalized spacial score (nSPS) is 24.0. The number of esters is 1. The van der Waals surface area contributed by atoms with Crippen LogP contribution in [0.25, 0.3) is 38.7 Å². The van der Waals surface area contributed by atoms with E-state index in [2.05, 4.69) is 26.6 Å². The summed E-state index contributed by atoms with van der Waals surface area (Å²) in [6.45, 7) is 14.3. The Balaban J connectivity index is 0.837. The van der Waals surface area contributed by atoms with Gasteiger partial charge in [-0.2, -0.15) is 0 Å². The van der Waals surface area contributed by atoms with Crippen molar-refractivity contribution in [2.24, 2.45) is 34.8 Å². The van der Waals surface area contributed by atoms with Crippen molar-refractivity contribution in [3.8, 4) is 11.5 Å². The summed E-state index contributed by atoms with van der Waals surface area (Å²) < 4.78 is 36.5. The van der Waals surface area contributed by atoms with Gasteiger partial charge >= 0.3 is 23.9 Å². The molecule has 1 aliphatic carbocycles. The number of anilines is 3. The van der Waals surface area contributed by atoms with Crippen molar-refractivity contribution in [1.82, 2.24) is 30.7 Å². The number of piperazine rings is 1. The van der Waals surface area contributed by atoms with Crippen molar-refractivity contribution in [3.63, 3.8) is 0 Å². The van der Waals surface area contributed by atoms with E-state index in [0.29, 0.717) is 49.0 Å². The van der Waals surface area contributed by atoms with Crippen LogP contribution in [0.5, 0.6) is 11.5 Å². The fourth-order valence-corrected chi connectivity index (χ4v) is 14.2. The van der Waals surface area contributed by atoms with E-state index in [1.807, 2.05) is 24.8 Å². The number of imide groups is 1. The molecule has 30 nitrogen and oxygen atoms in total. The van der Waals surface area contributed by atoms with Crippen molar-refractivity contribution in [1.29, 1.82) is 0 Å². The molecule has 0 radical (unpaired) electrons. The number of amides is 9. The number of urea groups is 1. The maximum atomic E-state index is 15.2. The van der Waals surface area contributed by atoms with Gasteiger partial charge in [0.25, 0.3) is 17.7 Å². The largest absolute Gasteiger partial charge is 0.507 e. The van der Waals surface area contributed by atoms with Crippen LogP contribution in [0, 0.1) is 36.0 Å². The van der Waals surface area contributed by atoms with Gasteiger partial charge in [-0.05, 0) is 101 Å². The first-order chi connectivity index (χ1) is 50.4. The van der Waals surface area contributed by atoms with Gasteiger partial charge in [0.1, 0.15) is 46.9 Å². The molecule has 4 aliphatic heterocycles. The van der Waals surface area contributed by atoms with E-state index < -0.39 is 123 Å². The average Bonchev–Trinajstić information content (AvgIpc) is 1.36. The van der Waals surface area contributed by atoms with Gasteiger partial charge in [-0.25, -0.2) is 14.6 Å². The Kier molecular flexibility index (Phi) is 24.2. The minimum atomic E-state index is -2.05. The lowest BCUT2D eigenvalue weighted by Crippen LogP contribution is -2.58.